The van der Waals surface area contributed by atoms with Gasteiger partial charge in [0.25, 0.3) is 0 Å². The monoisotopic (exact) mass is 430 g/mol. The SMILES string of the molecule is CC(C)(C)OC(=O)N1CCC(/C2=N/C(OCc3cc(F)ccc3F)=C\CC#CC2)CC1. The number of carbonyl (C=O) groups is 1. The fraction of sp³-hybridized carbons (Fsp3) is 0.500. The van der Waals surface area contributed by atoms with Crippen LogP contribution in [0.2, 0.25) is 0 Å². The molecule has 0 aliphatic carbocycles. The molecule has 0 N–H and O–H groups in total. The van der Waals surface area contributed by atoms with E-state index in [4.69, 9.17) is 9.47 Å². The molecule has 1 aromatic carbocycles. The standard InChI is InChI=1S/C24H28F2N2O3/c1-24(2,3)31-23(29)28-13-11-17(12-14-28)21-7-5-4-6-8-22(27-21)30-16-18-15-19(25)9-10-20(18)26/h8-10,15,17H,6-7,11-14,16H2,1-3H3/b22-8+,27-21+. The molecule has 0 atom stereocenters. The lowest BCUT2D eigenvalue weighted by atomic mass is 9.90. The Balaban J connectivity index is 1.63. The van der Waals surface area contributed by atoms with E-state index in [0.717, 1.165) is 36.8 Å². The summed E-state index contributed by atoms with van der Waals surface area (Å²) in [6, 6.07) is 3.28. The van der Waals surface area contributed by atoms with Crippen LogP contribution in [0.1, 0.15) is 52.0 Å². The van der Waals surface area contributed by atoms with Gasteiger partial charge in [0, 0.05) is 43.1 Å². The third-order valence-electron chi connectivity index (χ3n) is 5.03. The second-order valence-electron chi connectivity index (χ2n) is 8.65. The number of allylic oxidation sites excluding steroid dienone is 1. The molecule has 1 amide bonds. The van der Waals surface area contributed by atoms with Crippen molar-refractivity contribution in [3.05, 3.63) is 47.4 Å². The zero-order chi connectivity index (χ0) is 22.4. The summed E-state index contributed by atoms with van der Waals surface area (Å²) < 4.78 is 38.4. The second kappa shape index (κ2) is 9.95. The largest absolute Gasteiger partial charge is 0.473 e. The van der Waals surface area contributed by atoms with Gasteiger partial charge in [-0.2, -0.15) is 0 Å². The van der Waals surface area contributed by atoms with Crippen molar-refractivity contribution in [3.63, 3.8) is 0 Å². The summed E-state index contributed by atoms with van der Waals surface area (Å²) in [4.78, 5) is 18.7. The van der Waals surface area contributed by atoms with Crippen LogP contribution in [0.5, 0.6) is 0 Å². The Hall–Kier alpha value is -2.88. The Labute approximate surface area is 182 Å². The first-order valence-corrected chi connectivity index (χ1v) is 10.5. The molecule has 2 aliphatic heterocycles. The highest BCUT2D eigenvalue weighted by molar-refractivity contribution is 5.90. The van der Waals surface area contributed by atoms with Crippen LogP contribution in [-0.2, 0) is 16.1 Å². The van der Waals surface area contributed by atoms with E-state index in [-0.39, 0.29) is 24.2 Å². The number of hydrogen-bond acceptors (Lipinski definition) is 4. The number of nitrogens with zero attached hydrogens (tertiary/aromatic N) is 2. The minimum Gasteiger partial charge on any atom is -0.473 e. The van der Waals surface area contributed by atoms with Crippen molar-refractivity contribution in [2.75, 3.05) is 13.1 Å². The van der Waals surface area contributed by atoms with Crippen LogP contribution in [0.25, 0.3) is 0 Å². The maximum Gasteiger partial charge on any atom is 0.410 e. The van der Waals surface area contributed by atoms with Crippen LogP contribution >= 0.6 is 0 Å². The quantitative estimate of drug-likeness (QED) is 0.617. The lowest BCUT2D eigenvalue weighted by Crippen LogP contribution is -2.43. The van der Waals surface area contributed by atoms with Crippen LogP contribution in [0.15, 0.2) is 35.2 Å². The van der Waals surface area contributed by atoms with Gasteiger partial charge in [-0.05, 0) is 57.9 Å². The van der Waals surface area contributed by atoms with Crippen molar-refractivity contribution in [2.24, 2.45) is 10.9 Å². The van der Waals surface area contributed by atoms with Gasteiger partial charge in [0.1, 0.15) is 23.8 Å². The van der Waals surface area contributed by atoms with Crippen molar-refractivity contribution < 1.29 is 23.0 Å². The molecule has 7 heteroatoms. The van der Waals surface area contributed by atoms with Crippen molar-refractivity contribution in [1.29, 1.82) is 0 Å². The molecular formula is C24H28F2N2O3. The minimum atomic E-state index is -0.523. The lowest BCUT2D eigenvalue weighted by molar-refractivity contribution is 0.0201. The summed E-state index contributed by atoms with van der Waals surface area (Å²) in [5.41, 5.74) is 0.504. The number of benzene rings is 1. The molecule has 0 radical (unpaired) electrons. The van der Waals surface area contributed by atoms with Gasteiger partial charge in [-0.3, -0.25) is 0 Å². The van der Waals surface area contributed by atoms with Crippen molar-refractivity contribution in [3.8, 4) is 11.8 Å². The zero-order valence-corrected chi connectivity index (χ0v) is 18.2. The van der Waals surface area contributed by atoms with E-state index in [0.29, 0.717) is 31.8 Å². The van der Waals surface area contributed by atoms with E-state index in [1.807, 2.05) is 20.8 Å². The molecule has 0 saturated carbocycles. The van der Waals surface area contributed by atoms with E-state index in [9.17, 15) is 13.6 Å². The third kappa shape index (κ3) is 6.81. The second-order valence-corrected chi connectivity index (χ2v) is 8.65. The van der Waals surface area contributed by atoms with Gasteiger partial charge in [0.05, 0.1) is 0 Å². The maximum absolute atomic E-state index is 13.9. The highest BCUT2D eigenvalue weighted by atomic mass is 19.1. The van der Waals surface area contributed by atoms with Crippen LogP contribution in [0, 0.1) is 29.4 Å². The Morgan fingerprint density at radius 2 is 1.97 bits per heavy atom. The fourth-order valence-corrected chi connectivity index (χ4v) is 3.44. The van der Waals surface area contributed by atoms with Crippen molar-refractivity contribution in [1.82, 2.24) is 4.90 Å². The maximum atomic E-state index is 13.9. The fourth-order valence-electron chi connectivity index (χ4n) is 3.44. The van der Waals surface area contributed by atoms with Crippen molar-refractivity contribution in [2.45, 2.75) is 58.7 Å². The first kappa shape index (κ1) is 22.8. The average molecular weight is 430 g/mol. The van der Waals surface area contributed by atoms with Gasteiger partial charge in [0.15, 0.2) is 0 Å². The van der Waals surface area contributed by atoms with Crippen LogP contribution in [0.4, 0.5) is 13.6 Å². The minimum absolute atomic E-state index is 0.114. The molecule has 3 rings (SSSR count). The topological polar surface area (TPSA) is 51.1 Å². The van der Waals surface area contributed by atoms with Gasteiger partial charge in [-0.25, -0.2) is 18.6 Å². The number of amides is 1. The number of halogens is 2. The number of piperidine rings is 1. The highest BCUT2D eigenvalue weighted by Gasteiger charge is 2.29. The van der Waals surface area contributed by atoms with Gasteiger partial charge in [-0.1, -0.05) is 11.8 Å². The first-order valence-electron chi connectivity index (χ1n) is 10.5. The number of carbonyl (C=O) groups excluding carboxylic acids is 1. The van der Waals surface area contributed by atoms with Crippen LogP contribution in [-0.4, -0.2) is 35.4 Å². The summed E-state index contributed by atoms with van der Waals surface area (Å²) in [5, 5.41) is 0. The Morgan fingerprint density at radius 1 is 1.23 bits per heavy atom. The number of rotatable bonds is 4. The molecule has 0 aromatic heterocycles. The summed E-state index contributed by atoms with van der Waals surface area (Å²) in [6.45, 7) is 6.60. The molecule has 0 bridgehead atoms. The summed E-state index contributed by atoms with van der Waals surface area (Å²) >= 11 is 0. The van der Waals surface area contributed by atoms with E-state index in [1.54, 1.807) is 11.0 Å². The molecule has 5 nitrogen and oxygen atoms in total. The third-order valence-corrected chi connectivity index (χ3v) is 5.03. The molecule has 2 aliphatic rings. The summed E-state index contributed by atoms with van der Waals surface area (Å²) in [6.07, 6.45) is 3.96. The Kier molecular flexibility index (Phi) is 7.32. The van der Waals surface area contributed by atoms with Gasteiger partial charge < -0.3 is 14.4 Å². The van der Waals surface area contributed by atoms with E-state index in [2.05, 4.69) is 16.8 Å². The van der Waals surface area contributed by atoms with E-state index < -0.39 is 17.2 Å². The number of aliphatic imine (C=N–C) groups is 1. The number of hydrogen-bond donors (Lipinski definition) is 0. The van der Waals surface area contributed by atoms with Gasteiger partial charge in [-0.15, -0.1) is 0 Å². The normalized spacial score (nSPS) is 20.9. The Bertz CT molecular complexity index is 930. The average Bonchev–Trinajstić information content (AvgIpc) is 2.68. The van der Waals surface area contributed by atoms with E-state index >= 15 is 0 Å². The van der Waals surface area contributed by atoms with Gasteiger partial charge in [0.2, 0.25) is 5.88 Å². The van der Waals surface area contributed by atoms with Gasteiger partial charge >= 0.3 is 6.09 Å². The Morgan fingerprint density at radius 3 is 2.68 bits per heavy atom. The summed E-state index contributed by atoms with van der Waals surface area (Å²) in [5.74, 6) is 5.66. The zero-order valence-electron chi connectivity index (χ0n) is 18.2. The molecule has 1 aromatic rings. The molecule has 2 heterocycles. The molecule has 166 valence electrons. The molecule has 1 saturated heterocycles. The van der Waals surface area contributed by atoms with E-state index in [1.165, 1.54) is 0 Å². The predicted molar refractivity (Wildman–Crippen MR) is 114 cm³/mol. The van der Waals surface area contributed by atoms with Crippen molar-refractivity contribution >= 4 is 11.8 Å². The molecule has 0 unspecified atom stereocenters. The smallest absolute Gasteiger partial charge is 0.410 e. The van der Waals surface area contributed by atoms with Crippen LogP contribution < -0.4 is 0 Å². The van der Waals surface area contributed by atoms with Crippen LogP contribution in [0.3, 0.4) is 0 Å². The predicted octanol–water partition coefficient (Wildman–Crippen LogP) is 5.21. The first-order chi connectivity index (χ1) is 14.7. The highest BCUT2D eigenvalue weighted by Crippen LogP contribution is 2.24. The number of ether oxygens (including phenoxy) is 2. The summed E-state index contributed by atoms with van der Waals surface area (Å²) in [7, 11) is 0. The molecular weight excluding hydrogens is 402 g/mol. The molecule has 0 spiro atoms. The molecule has 31 heavy (non-hydrogen) atoms. The lowest BCUT2D eigenvalue weighted by Gasteiger charge is -2.33. The molecule has 1 fully saturated rings. The number of likely N-dealkylation sites (tertiary alicyclic amines) is 1.